The van der Waals surface area contributed by atoms with Crippen molar-refractivity contribution in [2.45, 2.75) is 57.9 Å². The van der Waals surface area contributed by atoms with Crippen LogP contribution in [0.1, 0.15) is 50.9 Å². The summed E-state index contributed by atoms with van der Waals surface area (Å²) in [5, 5.41) is 6.63. The predicted molar refractivity (Wildman–Crippen MR) is 153 cm³/mol. The SMILES string of the molecule is CC(C)COC[C@H](N)[C@H](COc1cc(F)cc(F)c1)NC(=O)c1cc(NCC2CC2)nc(N(C)SC(C)C)c1. The number of hydrogen-bond donors (Lipinski definition) is 3. The zero-order valence-electron chi connectivity index (χ0n) is 23.4. The van der Waals surface area contributed by atoms with E-state index in [-0.39, 0.29) is 24.9 Å². The number of rotatable bonds is 16. The van der Waals surface area contributed by atoms with E-state index in [0.717, 1.165) is 24.7 Å². The van der Waals surface area contributed by atoms with Crippen molar-refractivity contribution in [1.29, 1.82) is 0 Å². The van der Waals surface area contributed by atoms with Gasteiger partial charge in [-0.25, -0.2) is 13.8 Å². The number of aromatic nitrogens is 1. The number of carbonyl (C=O) groups is 1. The Labute approximate surface area is 234 Å². The molecule has 0 bridgehead atoms. The summed E-state index contributed by atoms with van der Waals surface area (Å²) < 4.78 is 40.6. The minimum absolute atomic E-state index is 0.00661. The Hall–Kier alpha value is -2.63. The molecule has 2 atom stereocenters. The van der Waals surface area contributed by atoms with E-state index in [9.17, 15) is 13.6 Å². The molecule has 1 saturated carbocycles. The van der Waals surface area contributed by atoms with Crippen LogP contribution in [0.25, 0.3) is 0 Å². The van der Waals surface area contributed by atoms with Crippen molar-refractivity contribution in [1.82, 2.24) is 10.3 Å². The Morgan fingerprint density at radius 1 is 1.10 bits per heavy atom. The number of nitrogens with one attached hydrogen (secondary N) is 2. The lowest BCUT2D eigenvalue weighted by atomic mass is 10.1. The summed E-state index contributed by atoms with van der Waals surface area (Å²) in [7, 11) is 1.91. The van der Waals surface area contributed by atoms with Crippen LogP contribution in [-0.4, -0.2) is 61.6 Å². The molecule has 3 rings (SSSR count). The van der Waals surface area contributed by atoms with Gasteiger partial charge in [0.25, 0.3) is 5.91 Å². The van der Waals surface area contributed by atoms with E-state index in [4.69, 9.17) is 20.2 Å². The average Bonchev–Trinajstić information content (AvgIpc) is 3.68. The van der Waals surface area contributed by atoms with Gasteiger partial charge in [-0.05, 0) is 48.8 Å². The molecule has 1 aromatic carbocycles. The van der Waals surface area contributed by atoms with E-state index >= 15 is 0 Å². The van der Waals surface area contributed by atoms with Gasteiger partial charge in [0.15, 0.2) is 0 Å². The largest absolute Gasteiger partial charge is 0.491 e. The Kier molecular flexibility index (Phi) is 11.6. The number of anilines is 2. The maximum absolute atomic E-state index is 13.7. The first-order chi connectivity index (χ1) is 18.5. The van der Waals surface area contributed by atoms with Gasteiger partial charge in [-0.3, -0.25) is 4.79 Å². The van der Waals surface area contributed by atoms with Crippen LogP contribution < -0.4 is 25.4 Å². The number of benzene rings is 1. The van der Waals surface area contributed by atoms with Crippen molar-refractivity contribution < 1.29 is 23.0 Å². The monoisotopic (exact) mass is 565 g/mol. The first kappa shape index (κ1) is 30.9. The maximum atomic E-state index is 13.7. The number of carbonyl (C=O) groups excluding carboxylic acids is 1. The lowest BCUT2D eigenvalue weighted by molar-refractivity contribution is 0.0752. The normalized spacial score (nSPS) is 14.8. The second kappa shape index (κ2) is 14.7. The molecular formula is C28H41F2N5O3S. The fourth-order valence-electron chi connectivity index (χ4n) is 3.72. The van der Waals surface area contributed by atoms with Gasteiger partial charge < -0.3 is 30.1 Å². The molecular weight excluding hydrogens is 524 g/mol. The van der Waals surface area contributed by atoms with E-state index in [0.29, 0.717) is 40.9 Å². The Bertz CT molecular complexity index is 1070. The molecule has 1 heterocycles. The molecule has 39 heavy (non-hydrogen) atoms. The van der Waals surface area contributed by atoms with Gasteiger partial charge in [-0.15, -0.1) is 0 Å². The highest BCUT2D eigenvalue weighted by atomic mass is 32.2. The Morgan fingerprint density at radius 3 is 2.41 bits per heavy atom. The zero-order valence-corrected chi connectivity index (χ0v) is 24.2. The van der Waals surface area contributed by atoms with Gasteiger partial charge in [0.2, 0.25) is 0 Å². The minimum atomic E-state index is -0.755. The average molecular weight is 566 g/mol. The number of hydrogen-bond acceptors (Lipinski definition) is 8. The van der Waals surface area contributed by atoms with Crippen molar-refractivity contribution in [3.05, 3.63) is 47.5 Å². The molecule has 11 heteroatoms. The fourth-order valence-corrected chi connectivity index (χ4v) is 4.55. The highest BCUT2D eigenvalue weighted by Crippen LogP contribution is 2.30. The summed E-state index contributed by atoms with van der Waals surface area (Å²) in [4.78, 5) is 18.2. The predicted octanol–water partition coefficient (Wildman–Crippen LogP) is 4.85. The van der Waals surface area contributed by atoms with Crippen LogP contribution in [0, 0.1) is 23.5 Å². The highest BCUT2D eigenvalue weighted by Gasteiger charge is 2.25. The fraction of sp³-hybridized carbons (Fsp3) is 0.571. The van der Waals surface area contributed by atoms with Crippen molar-refractivity contribution >= 4 is 29.5 Å². The van der Waals surface area contributed by atoms with Gasteiger partial charge in [-0.2, -0.15) is 0 Å². The molecule has 4 N–H and O–H groups in total. The summed E-state index contributed by atoms with van der Waals surface area (Å²) in [6, 6.07) is 5.05. The second-order valence-electron chi connectivity index (χ2n) is 10.7. The quantitative estimate of drug-likeness (QED) is 0.248. The van der Waals surface area contributed by atoms with Crippen molar-refractivity contribution in [3.8, 4) is 5.75 Å². The third-order valence-corrected chi connectivity index (χ3v) is 6.82. The molecule has 0 spiro atoms. The third-order valence-electron chi connectivity index (χ3n) is 5.89. The molecule has 0 saturated heterocycles. The van der Waals surface area contributed by atoms with E-state index in [1.807, 2.05) is 25.2 Å². The van der Waals surface area contributed by atoms with Crippen LogP contribution >= 0.6 is 11.9 Å². The molecule has 1 fully saturated rings. The van der Waals surface area contributed by atoms with Gasteiger partial charge in [0.05, 0.1) is 18.7 Å². The molecule has 0 unspecified atom stereocenters. The third kappa shape index (κ3) is 10.8. The lowest BCUT2D eigenvalue weighted by Gasteiger charge is -2.26. The van der Waals surface area contributed by atoms with E-state index in [1.54, 1.807) is 24.1 Å². The first-order valence-corrected chi connectivity index (χ1v) is 14.2. The van der Waals surface area contributed by atoms with Crippen LogP contribution in [0.2, 0.25) is 0 Å². The molecule has 0 radical (unpaired) electrons. The summed E-state index contributed by atoms with van der Waals surface area (Å²) in [6.45, 7) is 9.60. The van der Waals surface area contributed by atoms with Gasteiger partial charge in [0.1, 0.15) is 35.6 Å². The first-order valence-electron chi connectivity index (χ1n) is 13.4. The number of nitrogens with two attached hydrogens (primary N) is 1. The molecule has 1 aromatic heterocycles. The molecule has 8 nitrogen and oxygen atoms in total. The highest BCUT2D eigenvalue weighted by molar-refractivity contribution is 8.01. The standard InChI is InChI=1S/C28H41F2N5O3S/c1-17(2)14-37-15-24(31)25(16-38-23-11-21(29)10-22(30)12-23)33-28(36)20-8-26(32-13-19-6-7-19)34-27(9-20)35(5)39-18(3)4/h8-12,17-19,24-25H,6-7,13-16,31H2,1-5H3,(H,32,34)(H,33,36)/t24-,25-/m0/s1. The maximum Gasteiger partial charge on any atom is 0.251 e. The summed E-state index contributed by atoms with van der Waals surface area (Å²) in [6.07, 6.45) is 2.38. The summed E-state index contributed by atoms with van der Waals surface area (Å²) in [5.74, 6) is 0.341. The van der Waals surface area contributed by atoms with Crippen LogP contribution in [0.15, 0.2) is 30.3 Å². The number of ether oxygens (including phenoxy) is 2. The molecule has 1 aliphatic rings. The molecule has 216 valence electrons. The number of amides is 1. The Morgan fingerprint density at radius 2 is 1.79 bits per heavy atom. The van der Waals surface area contributed by atoms with Crippen molar-refractivity contribution in [3.63, 3.8) is 0 Å². The topological polar surface area (TPSA) is 102 Å². The number of pyridine rings is 1. The molecule has 2 aromatic rings. The summed E-state index contributed by atoms with van der Waals surface area (Å²) in [5.41, 5.74) is 6.81. The number of nitrogens with zero attached hydrogens (tertiary/aromatic N) is 2. The molecule has 1 aliphatic carbocycles. The van der Waals surface area contributed by atoms with Gasteiger partial charge in [0, 0.05) is 49.2 Å². The van der Waals surface area contributed by atoms with Crippen molar-refractivity contribution in [2.75, 3.05) is 43.0 Å². The summed E-state index contributed by atoms with van der Waals surface area (Å²) >= 11 is 1.61. The Balaban J connectivity index is 1.79. The van der Waals surface area contributed by atoms with Crippen LogP contribution in [-0.2, 0) is 4.74 Å². The van der Waals surface area contributed by atoms with E-state index in [2.05, 4.69) is 24.5 Å². The van der Waals surface area contributed by atoms with Crippen LogP contribution in [0.5, 0.6) is 5.75 Å². The van der Waals surface area contributed by atoms with E-state index in [1.165, 1.54) is 12.8 Å². The van der Waals surface area contributed by atoms with Crippen LogP contribution in [0.4, 0.5) is 20.4 Å². The van der Waals surface area contributed by atoms with E-state index < -0.39 is 23.7 Å². The second-order valence-corrected chi connectivity index (χ2v) is 12.4. The van der Waals surface area contributed by atoms with Crippen molar-refractivity contribution in [2.24, 2.45) is 17.6 Å². The van der Waals surface area contributed by atoms with Gasteiger partial charge >= 0.3 is 0 Å². The number of halogens is 2. The zero-order chi connectivity index (χ0) is 28.5. The smallest absolute Gasteiger partial charge is 0.251 e. The van der Waals surface area contributed by atoms with Gasteiger partial charge in [-0.1, -0.05) is 27.7 Å². The van der Waals surface area contributed by atoms with Crippen LogP contribution in [0.3, 0.4) is 0 Å². The lowest BCUT2D eigenvalue weighted by Crippen LogP contribution is -2.53. The minimum Gasteiger partial charge on any atom is -0.491 e. The molecule has 0 aliphatic heterocycles. The molecule has 1 amide bonds.